The maximum Gasteiger partial charge on any atom is 0.319 e. The van der Waals surface area contributed by atoms with Crippen molar-refractivity contribution in [2.24, 2.45) is 0 Å². The predicted octanol–water partition coefficient (Wildman–Crippen LogP) is 1.40. The Morgan fingerprint density at radius 2 is 1.75 bits per heavy atom. The second-order valence-corrected chi connectivity index (χ2v) is 5.65. The maximum absolute atomic E-state index is 12.1. The van der Waals surface area contributed by atoms with Crippen molar-refractivity contribution in [1.82, 2.24) is 16.0 Å². The van der Waals surface area contributed by atoms with Crippen molar-refractivity contribution in [2.75, 3.05) is 12.4 Å². The number of benzene rings is 1. The zero-order chi connectivity index (χ0) is 18.1. The molecule has 2 unspecified atom stereocenters. The van der Waals surface area contributed by atoms with Gasteiger partial charge < -0.3 is 21.3 Å². The summed E-state index contributed by atoms with van der Waals surface area (Å²) in [6.45, 7) is 5.49. The van der Waals surface area contributed by atoms with Crippen LogP contribution in [0.1, 0.15) is 32.8 Å². The Morgan fingerprint density at radius 1 is 1.08 bits per heavy atom. The van der Waals surface area contributed by atoms with Crippen LogP contribution in [-0.4, -0.2) is 37.0 Å². The van der Waals surface area contributed by atoms with Crippen LogP contribution in [-0.2, 0) is 16.0 Å². The number of rotatable bonds is 7. The van der Waals surface area contributed by atoms with Gasteiger partial charge in [-0.2, -0.15) is 0 Å². The lowest BCUT2D eigenvalue weighted by atomic mass is 10.1. The third kappa shape index (κ3) is 6.28. The molecule has 1 rings (SSSR count). The molecular formula is C17H26N4O3. The number of carbonyl (C=O) groups is 3. The van der Waals surface area contributed by atoms with E-state index in [9.17, 15) is 14.4 Å². The number of anilines is 1. The highest BCUT2D eigenvalue weighted by Gasteiger charge is 2.17. The molecule has 0 bridgehead atoms. The van der Waals surface area contributed by atoms with Gasteiger partial charge in [-0.15, -0.1) is 0 Å². The van der Waals surface area contributed by atoms with Gasteiger partial charge in [0, 0.05) is 18.8 Å². The summed E-state index contributed by atoms with van der Waals surface area (Å²) in [5.41, 5.74) is 1.23. The minimum Gasteiger partial charge on any atom is -0.359 e. The van der Waals surface area contributed by atoms with Crippen LogP contribution in [0.3, 0.4) is 0 Å². The molecule has 1 aromatic rings. The van der Waals surface area contributed by atoms with Crippen molar-refractivity contribution in [3.05, 3.63) is 29.8 Å². The Labute approximate surface area is 142 Å². The van der Waals surface area contributed by atoms with E-state index >= 15 is 0 Å². The molecule has 0 saturated carbocycles. The molecule has 0 aliphatic heterocycles. The molecule has 0 aromatic heterocycles. The summed E-state index contributed by atoms with van der Waals surface area (Å²) in [5.74, 6) is -0.385. The SMILES string of the molecule is CCC(C)NC(=O)C(C)NC(=O)Nc1ccccc1CC(=O)NC. The van der Waals surface area contributed by atoms with Gasteiger partial charge in [0.05, 0.1) is 6.42 Å². The number of carbonyl (C=O) groups excluding carboxylic acids is 3. The highest BCUT2D eigenvalue weighted by molar-refractivity contribution is 5.94. The first-order valence-corrected chi connectivity index (χ1v) is 8.03. The normalized spacial score (nSPS) is 12.7. The largest absolute Gasteiger partial charge is 0.359 e. The smallest absolute Gasteiger partial charge is 0.319 e. The van der Waals surface area contributed by atoms with Crippen LogP contribution >= 0.6 is 0 Å². The number of para-hydroxylation sites is 1. The molecule has 0 saturated heterocycles. The van der Waals surface area contributed by atoms with Crippen molar-refractivity contribution >= 4 is 23.5 Å². The van der Waals surface area contributed by atoms with E-state index in [0.29, 0.717) is 11.3 Å². The Morgan fingerprint density at radius 3 is 2.38 bits per heavy atom. The van der Waals surface area contributed by atoms with Gasteiger partial charge in [-0.05, 0) is 31.9 Å². The van der Waals surface area contributed by atoms with Gasteiger partial charge >= 0.3 is 6.03 Å². The molecular weight excluding hydrogens is 308 g/mol. The van der Waals surface area contributed by atoms with Crippen LogP contribution in [0.5, 0.6) is 0 Å². The minimum absolute atomic E-state index is 0.0538. The molecule has 2 atom stereocenters. The first kappa shape index (κ1) is 19.5. The van der Waals surface area contributed by atoms with Gasteiger partial charge in [0.15, 0.2) is 0 Å². The van der Waals surface area contributed by atoms with E-state index in [1.807, 2.05) is 13.8 Å². The number of likely N-dealkylation sites (N-methyl/N-ethyl adjacent to an activating group) is 1. The first-order chi connectivity index (χ1) is 11.4. The average Bonchev–Trinajstić information content (AvgIpc) is 2.56. The molecule has 4 N–H and O–H groups in total. The van der Waals surface area contributed by atoms with Gasteiger partial charge in [0.1, 0.15) is 6.04 Å². The lowest BCUT2D eigenvalue weighted by Crippen LogP contribution is -2.48. The fraction of sp³-hybridized carbons (Fsp3) is 0.471. The Kier molecular flexibility index (Phi) is 7.74. The van der Waals surface area contributed by atoms with Gasteiger partial charge in [-0.3, -0.25) is 9.59 Å². The monoisotopic (exact) mass is 334 g/mol. The van der Waals surface area contributed by atoms with Crippen molar-refractivity contribution < 1.29 is 14.4 Å². The molecule has 132 valence electrons. The zero-order valence-corrected chi connectivity index (χ0v) is 14.6. The molecule has 0 heterocycles. The number of amides is 4. The van der Waals surface area contributed by atoms with Gasteiger partial charge in [0.25, 0.3) is 0 Å². The Bertz CT molecular complexity index is 589. The summed E-state index contributed by atoms with van der Waals surface area (Å²) in [4.78, 5) is 35.6. The van der Waals surface area contributed by atoms with Gasteiger partial charge in [-0.25, -0.2) is 4.79 Å². The molecule has 0 spiro atoms. The summed E-state index contributed by atoms with van der Waals surface area (Å²) in [6, 6.07) is 5.94. The van der Waals surface area contributed by atoms with E-state index in [2.05, 4.69) is 21.3 Å². The van der Waals surface area contributed by atoms with E-state index in [1.165, 1.54) is 0 Å². The molecule has 4 amide bonds. The molecule has 7 nitrogen and oxygen atoms in total. The number of hydrogen-bond acceptors (Lipinski definition) is 3. The Hall–Kier alpha value is -2.57. The van der Waals surface area contributed by atoms with E-state index < -0.39 is 12.1 Å². The van der Waals surface area contributed by atoms with Crippen LogP contribution in [0.15, 0.2) is 24.3 Å². The van der Waals surface area contributed by atoms with Crippen LogP contribution in [0.25, 0.3) is 0 Å². The molecule has 1 aromatic carbocycles. The number of nitrogens with one attached hydrogen (secondary N) is 4. The topological polar surface area (TPSA) is 99.3 Å². The number of urea groups is 1. The van der Waals surface area contributed by atoms with Gasteiger partial charge in [-0.1, -0.05) is 25.1 Å². The average molecular weight is 334 g/mol. The van der Waals surface area contributed by atoms with E-state index in [-0.39, 0.29) is 24.3 Å². The van der Waals surface area contributed by atoms with Crippen LogP contribution in [0.2, 0.25) is 0 Å². The fourth-order valence-corrected chi connectivity index (χ4v) is 1.95. The zero-order valence-electron chi connectivity index (χ0n) is 14.6. The Balaban J connectivity index is 2.65. The fourth-order valence-electron chi connectivity index (χ4n) is 1.95. The van der Waals surface area contributed by atoms with Crippen molar-refractivity contribution in [2.45, 2.75) is 45.7 Å². The standard InChI is InChI=1S/C17H26N4O3/c1-5-11(2)19-16(23)12(3)20-17(24)21-14-9-7-6-8-13(14)10-15(22)18-4/h6-9,11-12H,5,10H2,1-4H3,(H,18,22)(H,19,23)(H2,20,21,24). The lowest BCUT2D eigenvalue weighted by molar-refractivity contribution is -0.123. The summed E-state index contributed by atoms with van der Waals surface area (Å²) in [5, 5.41) is 10.6. The van der Waals surface area contributed by atoms with Crippen molar-refractivity contribution in [3.63, 3.8) is 0 Å². The number of hydrogen-bond donors (Lipinski definition) is 4. The molecule has 7 heteroatoms. The van der Waals surface area contributed by atoms with E-state index in [1.54, 1.807) is 38.2 Å². The molecule has 24 heavy (non-hydrogen) atoms. The van der Waals surface area contributed by atoms with Crippen molar-refractivity contribution in [1.29, 1.82) is 0 Å². The van der Waals surface area contributed by atoms with Crippen molar-refractivity contribution in [3.8, 4) is 0 Å². The summed E-state index contributed by atoms with van der Waals surface area (Å²) in [6.07, 6.45) is 0.981. The lowest BCUT2D eigenvalue weighted by Gasteiger charge is -2.18. The van der Waals surface area contributed by atoms with Gasteiger partial charge in [0.2, 0.25) is 11.8 Å². The highest BCUT2D eigenvalue weighted by atomic mass is 16.2. The second kappa shape index (κ2) is 9.54. The molecule has 0 aliphatic carbocycles. The summed E-state index contributed by atoms with van der Waals surface area (Å²) in [7, 11) is 1.56. The third-order valence-electron chi connectivity index (χ3n) is 3.64. The maximum atomic E-state index is 12.1. The molecule has 0 fully saturated rings. The third-order valence-corrected chi connectivity index (χ3v) is 3.64. The quantitative estimate of drug-likeness (QED) is 0.606. The second-order valence-electron chi connectivity index (χ2n) is 5.65. The van der Waals surface area contributed by atoms with Crippen LogP contribution < -0.4 is 21.3 Å². The van der Waals surface area contributed by atoms with E-state index in [0.717, 1.165) is 6.42 Å². The minimum atomic E-state index is -0.662. The first-order valence-electron chi connectivity index (χ1n) is 8.03. The predicted molar refractivity (Wildman–Crippen MR) is 93.7 cm³/mol. The van der Waals surface area contributed by atoms with Crippen LogP contribution in [0.4, 0.5) is 10.5 Å². The van der Waals surface area contributed by atoms with Crippen LogP contribution in [0, 0.1) is 0 Å². The highest BCUT2D eigenvalue weighted by Crippen LogP contribution is 2.15. The summed E-state index contributed by atoms with van der Waals surface area (Å²) < 4.78 is 0. The summed E-state index contributed by atoms with van der Waals surface area (Å²) >= 11 is 0. The molecule has 0 radical (unpaired) electrons. The van der Waals surface area contributed by atoms with E-state index in [4.69, 9.17) is 0 Å². The molecule has 0 aliphatic rings.